The van der Waals surface area contributed by atoms with E-state index in [-0.39, 0.29) is 11.7 Å². The number of aryl methyl sites for hydroxylation is 1. The minimum atomic E-state index is -0.173. The Labute approximate surface area is 122 Å². The third kappa shape index (κ3) is 3.03. The molecule has 0 fully saturated rings. The minimum Gasteiger partial charge on any atom is -0.306 e. The van der Waals surface area contributed by atoms with Crippen molar-refractivity contribution in [3.8, 4) is 0 Å². The van der Waals surface area contributed by atoms with Gasteiger partial charge in [-0.05, 0) is 43.2 Å². The van der Waals surface area contributed by atoms with Crippen molar-refractivity contribution >= 4 is 11.0 Å². The van der Waals surface area contributed by atoms with Gasteiger partial charge in [0.05, 0.1) is 11.0 Å². The SMILES string of the molecule is Cc1ccc(CNC(C)c2ccc3[nH]c(=O)[nH]c3c2)cn1. The lowest BCUT2D eigenvalue weighted by Gasteiger charge is -2.14. The molecule has 1 aromatic carbocycles. The molecule has 0 bridgehead atoms. The summed E-state index contributed by atoms with van der Waals surface area (Å²) in [7, 11) is 0. The van der Waals surface area contributed by atoms with Crippen molar-refractivity contribution in [2.45, 2.75) is 26.4 Å². The number of H-pyrrole nitrogens is 2. The Morgan fingerprint density at radius 2 is 2.00 bits per heavy atom. The van der Waals surface area contributed by atoms with E-state index in [1.165, 1.54) is 0 Å². The molecule has 0 radical (unpaired) electrons. The van der Waals surface area contributed by atoms with Crippen molar-refractivity contribution in [2.24, 2.45) is 0 Å². The third-order valence-corrected chi connectivity index (χ3v) is 3.63. The van der Waals surface area contributed by atoms with Crippen molar-refractivity contribution < 1.29 is 0 Å². The van der Waals surface area contributed by atoms with Gasteiger partial charge in [0, 0.05) is 24.5 Å². The zero-order valence-electron chi connectivity index (χ0n) is 12.1. The normalized spacial score (nSPS) is 12.7. The van der Waals surface area contributed by atoms with Gasteiger partial charge in [-0.1, -0.05) is 12.1 Å². The van der Waals surface area contributed by atoms with Gasteiger partial charge in [-0.2, -0.15) is 0 Å². The number of pyridine rings is 1. The van der Waals surface area contributed by atoms with Gasteiger partial charge in [-0.25, -0.2) is 4.79 Å². The van der Waals surface area contributed by atoms with Crippen molar-refractivity contribution in [1.29, 1.82) is 0 Å². The van der Waals surface area contributed by atoms with E-state index in [0.717, 1.165) is 34.4 Å². The molecule has 1 unspecified atom stereocenters. The number of nitrogens with one attached hydrogen (secondary N) is 3. The van der Waals surface area contributed by atoms with Gasteiger partial charge in [0.15, 0.2) is 0 Å². The van der Waals surface area contributed by atoms with Crippen LogP contribution in [0, 0.1) is 6.92 Å². The number of rotatable bonds is 4. The molecule has 3 rings (SSSR count). The van der Waals surface area contributed by atoms with Crippen LogP contribution >= 0.6 is 0 Å². The Balaban J connectivity index is 1.72. The molecule has 0 aliphatic carbocycles. The van der Waals surface area contributed by atoms with Crippen LogP contribution in [0.4, 0.5) is 0 Å². The van der Waals surface area contributed by atoms with Crippen molar-refractivity contribution in [3.63, 3.8) is 0 Å². The molecule has 2 aromatic heterocycles. The largest absolute Gasteiger partial charge is 0.323 e. The molecule has 21 heavy (non-hydrogen) atoms. The minimum absolute atomic E-state index is 0.173. The molecule has 5 heteroatoms. The number of hydrogen-bond acceptors (Lipinski definition) is 3. The summed E-state index contributed by atoms with van der Waals surface area (Å²) in [6.45, 7) is 4.84. The monoisotopic (exact) mass is 282 g/mol. The van der Waals surface area contributed by atoms with Crippen LogP contribution in [0.5, 0.6) is 0 Å². The summed E-state index contributed by atoms with van der Waals surface area (Å²) in [4.78, 5) is 21.1. The second-order valence-corrected chi connectivity index (χ2v) is 5.29. The second kappa shape index (κ2) is 5.54. The topological polar surface area (TPSA) is 73.6 Å². The van der Waals surface area contributed by atoms with Crippen molar-refractivity contribution in [2.75, 3.05) is 0 Å². The van der Waals surface area contributed by atoms with E-state index in [2.05, 4.69) is 33.3 Å². The van der Waals surface area contributed by atoms with Crippen LogP contribution in [0.2, 0.25) is 0 Å². The lowest BCUT2D eigenvalue weighted by molar-refractivity contribution is 0.574. The summed E-state index contributed by atoms with van der Waals surface area (Å²) in [5.74, 6) is 0. The quantitative estimate of drug-likeness (QED) is 0.688. The van der Waals surface area contributed by atoms with E-state index in [4.69, 9.17) is 0 Å². The van der Waals surface area contributed by atoms with E-state index < -0.39 is 0 Å². The molecule has 108 valence electrons. The molecule has 0 saturated carbocycles. The highest BCUT2D eigenvalue weighted by molar-refractivity contribution is 5.75. The molecule has 0 aliphatic heterocycles. The second-order valence-electron chi connectivity index (χ2n) is 5.29. The van der Waals surface area contributed by atoms with E-state index in [1.54, 1.807) is 0 Å². The number of nitrogens with zero attached hydrogens (tertiary/aromatic N) is 1. The van der Waals surface area contributed by atoms with Gasteiger partial charge in [-0.15, -0.1) is 0 Å². The molecule has 3 N–H and O–H groups in total. The predicted molar refractivity (Wildman–Crippen MR) is 83.1 cm³/mol. The molecule has 0 aliphatic rings. The van der Waals surface area contributed by atoms with E-state index in [1.807, 2.05) is 37.4 Å². The molecule has 0 saturated heterocycles. The number of imidazole rings is 1. The van der Waals surface area contributed by atoms with E-state index in [0.29, 0.717) is 0 Å². The molecule has 1 atom stereocenters. The molecule has 2 heterocycles. The molecule has 0 spiro atoms. The van der Waals surface area contributed by atoms with Gasteiger partial charge < -0.3 is 15.3 Å². The highest BCUT2D eigenvalue weighted by Gasteiger charge is 2.07. The fraction of sp³-hybridized carbons (Fsp3) is 0.250. The van der Waals surface area contributed by atoms with Crippen LogP contribution in [0.15, 0.2) is 41.3 Å². The van der Waals surface area contributed by atoms with E-state index >= 15 is 0 Å². The third-order valence-electron chi connectivity index (χ3n) is 3.63. The van der Waals surface area contributed by atoms with Gasteiger partial charge >= 0.3 is 5.69 Å². The average molecular weight is 282 g/mol. The standard InChI is InChI=1S/C16H18N4O/c1-10-3-4-12(8-17-10)9-18-11(2)13-5-6-14-15(7-13)20-16(21)19-14/h3-8,11,18H,9H2,1-2H3,(H2,19,20,21). The summed E-state index contributed by atoms with van der Waals surface area (Å²) in [6.07, 6.45) is 1.89. The number of hydrogen-bond donors (Lipinski definition) is 3. The maximum absolute atomic E-state index is 11.3. The highest BCUT2D eigenvalue weighted by Crippen LogP contribution is 2.17. The maximum atomic E-state index is 11.3. The predicted octanol–water partition coefficient (Wildman–Crippen LogP) is 2.41. The number of benzene rings is 1. The molecular weight excluding hydrogens is 264 g/mol. The Morgan fingerprint density at radius 3 is 2.76 bits per heavy atom. The summed E-state index contributed by atoms with van der Waals surface area (Å²) in [6, 6.07) is 10.2. The summed E-state index contributed by atoms with van der Waals surface area (Å²) in [5, 5.41) is 3.46. The van der Waals surface area contributed by atoms with Crippen LogP contribution in [-0.4, -0.2) is 15.0 Å². The first kappa shape index (κ1) is 13.6. The van der Waals surface area contributed by atoms with Crippen LogP contribution < -0.4 is 11.0 Å². The zero-order chi connectivity index (χ0) is 14.8. The molecule has 3 aromatic rings. The zero-order valence-corrected chi connectivity index (χ0v) is 12.1. The van der Waals surface area contributed by atoms with Gasteiger partial charge in [-0.3, -0.25) is 4.98 Å². The number of aromatic amines is 2. The summed E-state index contributed by atoms with van der Waals surface area (Å²) in [5.41, 5.74) is 4.81. The lowest BCUT2D eigenvalue weighted by atomic mass is 10.1. The van der Waals surface area contributed by atoms with Gasteiger partial charge in [0.2, 0.25) is 0 Å². The first-order valence-corrected chi connectivity index (χ1v) is 6.99. The Bertz CT molecular complexity index is 801. The fourth-order valence-electron chi connectivity index (χ4n) is 2.31. The van der Waals surface area contributed by atoms with Crippen LogP contribution in [0.25, 0.3) is 11.0 Å². The van der Waals surface area contributed by atoms with Gasteiger partial charge in [0.25, 0.3) is 0 Å². The number of aromatic nitrogens is 3. The van der Waals surface area contributed by atoms with E-state index in [9.17, 15) is 4.79 Å². The Morgan fingerprint density at radius 1 is 1.19 bits per heavy atom. The Kier molecular flexibility index (Phi) is 3.58. The van der Waals surface area contributed by atoms with Crippen LogP contribution in [-0.2, 0) is 6.54 Å². The average Bonchev–Trinajstić information content (AvgIpc) is 2.85. The van der Waals surface area contributed by atoms with Crippen molar-refractivity contribution in [3.05, 3.63) is 63.8 Å². The molecule has 5 nitrogen and oxygen atoms in total. The first-order chi connectivity index (χ1) is 10.1. The van der Waals surface area contributed by atoms with Gasteiger partial charge in [0.1, 0.15) is 0 Å². The number of fused-ring (bicyclic) bond motifs is 1. The highest BCUT2D eigenvalue weighted by atomic mass is 16.1. The summed E-state index contributed by atoms with van der Waals surface area (Å²) >= 11 is 0. The Hall–Kier alpha value is -2.40. The van der Waals surface area contributed by atoms with Crippen molar-refractivity contribution in [1.82, 2.24) is 20.3 Å². The van der Waals surface area contributed by atoms with Crippen LogP contribution in [0.3, 0.4) is 0 Å². The van der Waals surface area contributed by atoms with Crippen LogP contribution in [0.1, 0.15) is 29.8 Å². The first-order valence-electron chi connectivity index (χ1n) is 6.99. The lowest BCUT2D eigenvalue weighted by Crippen LogP contribution is -2.18. The maximum Gasteiger partial charge on any atom is 0.323 e. The summed E-state index contributed by atoms with van der Waals surface area (Å²) < 4.78 is 0. The smallest absolute Gasteiger partial charge is 0.306 e. The fourth-order valence-corrected chi connectivity index (χ4v) is 2.31. The molecular formula is C16H18N4O. The molecule has 0 amide bonds.